The molecule has 3 aromatic rings. The number of fused-ring (bicyclic) bond motifs is 1. The first-order valence-corrected chi connectivity index (χ1v) is 15.6. The Bertz CT molecular complexity index is 1530. The van der Waals surface area contributed by atoms with Gasteiger partial charge in [0.15, 0.2) is 0 Å². The predicted octanol–water partition coefficient (Wildman–Crippen LogP) is 2.56. The van der Waals surface area contributed by atoms with Crippen LogP contribution in [0.2, 0.25) is 0 Å². The maximum Gasteiger partial charge on any atom is 0.267 e. The van der Waals surface area contributed by atoms with Crippen molar-refractivity contribution in [1.29, 1.82) is 0 Å². The molecule has 3 saturated heterocycles. The molecule has 2 saturated carbocycles. The Morgan fingerprint density at radius 1 is 1.07 bits per heavy atom. The number of carbonyl (C=O) groups excluding carboxylic acids is 3. The first kappa shape index (κ1) is 27.9. The van der Waals surface area contributed by atoms with Crippen molar-refractivity contribution in [2.24, 2.45) is 5.41 Å². The summed E-state index contributed by atoms with van der Waals surface area (Å²) in [4.78, 5) is 51.2. The Hall–Kier alpha value is -3.90. The van der Waals surface area contributed by atoms with Gasteiger partial charge in [-0.3, -0.25) is 9.59 Å². The van der Waals surface area contributed by atoms with Gasteiger partial charge in [0.05, 0.1) is 11.6 Å². The van der Waals surface area contributed by atoms with Crippen molar-refractivity contribution in [3.05, 3.63) is 41.9 Å². The molecule has 12 nitrogen and oxygen atoms in total. The molecule has 8 rings (SSSR count). The molecule has 1 spiro atoms. The number of pyridine rings is 1. The summed E-state index contributed by atoms with van der Waals surface area (Å²) < 4.78 is 2.06. The van der Waals surface area contributed by atoms with E-state index in [1.54, 1.807) is 25.5 Å². The summed E-state index contributed by atoms with van der Waals surface area (Å²) in [5.74, 6) is 0.897. The minimum Gasteiger partial charge on any atom is -0.354 e. The van der Waals surface area contributed by atoms with E-state index < -0.39 is 0 Å². The van der Waals surface area contributed by atoms with Gasteiger partial charge in [-0.05, 0) is 63.3 Å². The molecule has 3 aliphatic heterocycles. The highest BCUT2D eigenvalue weighted by molar-refractivity contribution is 5.98. The van der Waals surface area contributed by atoms with Crippen molar-refractivity contribution in [1.82, 2.24) is 40.4 Å². The average molecular weight is 586 g/mol. The number of piperidine rings is 1. The van der Waals surface area contributed by atoms with E-state index in [0.717, 1.165) is 75.5 Å². The summed E-state index contributed by atoms with van der Waals surface area (Å²) in [5.41, 5.74) is 2.28. The molecule has 4 atom stereocenters. The zero-order chi connectivity index (χ0) is 29.6. The molecule has 3 aromatic heterocycles. The molecule has 4 unspecified atom stereocenters. The molecule has 2 aliphatic carbocycles. The Balaban J connectivity index is 0.000000379. The van der Waals surface area contributed by atoms with Gasteiger partial charge in [-0.15, -0.1) is 0 Å². The Morgan fingerprint density at radius 3 is 2.53 bits per heavy atom. The number of hydrogen-bond acceptors (Lipinski definition) is 9. The summed E-state index contributed by atoms with van der Waals surface area (Å²) in [7, 11) is 1.65. The van der Waals surface area contributed by atoms with Gasteiger partial charge in [0.1, 0.15) is 23.4 Å². The van der Waals surface area contributed by atoms with Crippen LogP contribution in [0.1, 0.15) is 78.3 Å². The molecule has 4 N–H and O–H groups in total. The van der Waals surface area contributed by atoms with Crippen LogP contribution in [-0.4, -0.2) is 87.3 Å². The molecule has 2 amide bonds. The second kappa shape index (κ2) is 11.3. The molecule has 12 heteroatoms. The molecule has 5 fully saturated rings. The zero-order valence-electron chi connectivity index (χ0n) is 24.5. The molecule has 5 aliphatic rings. The number of likely N-dealkylation sites (tertiary alicyclic amines) is 1. The van der Waals surface area contributed by atoms with E-state index in [-0.39, 0.29) is 23.9 Å². The topological polar surface area (TPSA) is 146 Å². The van der Waals surface area contributed by atoms with Crippen molar-refractivity contribution in [3.63, 3.8) is 0 Å². The number of carbonyl (C=O) groups is 3. The van der Waals surface area contributed by atoms with Crippen LogP contribution < -0.4 is 21.3 Å². The number of hydrogen-bond donors (Lipinski definition) is 4. The lowest BCUT2D eigenvalue weighted by atomic mass is 9.55. The number of nitrogens with one attached hydrogen (secondary N) is 4. The van der Waals surface area contributed by atoms with Crippen LogP contribution in [0.3, 0.4) is 0 Å². The quantitative estimate of drug-likeness (QED) is 0.321. The molecule has 43 heavy (non-hydrogen) atoms. The number of amides is 2. The maximum absolute atomic E-state index is 13.1. The molecular weight excluding hydrogens is 546 g/mol. The minimum atomic E-state index is -0.120. The molecular formula is C31H39N9O3. The Morgan fingerprint density at radius 2 is 1.93 bits per heavy atom. The molecule has 6 heterocycles. The van der Waals surface area contributed by atoms with Crippen molar-refractivity contribution in [2.75, 3.05) is 32.0 Å². The number of aldehydes is 1. The van der Waals surface area contributed by atoms with Crippen LogP contribution in [0.15, 0.2) is 30.6 Å². The lowest BCUT2D eigenvalue weighted by Gasteiger charge is -2.61. The number of nitrogens with zero attached hydrogens (tertiary/aromatic N) is 5. The smallest absolute Gasteiger partial charge is 0.267 e. The van der Waals surface area contributed by atoms with Crippen LogP contribution in [0.4, 0.5) is 11.8 Å². The van der Waals surface area contributed by atoms with Gasteiger partial charge in [0.25, 0.3) is 11.8 Å². The van der Waals surface area contributed by atoms with E-state index >= 15 is 0 Å². The second-order valence-electron chi connectivity index (χ2n) is 12.5. The summed E-state index contributed by atoms with van der Waals surface area (Å²) >= 11 is 0. The van der Waals surface area contributed by atoms with E-state index in [1.165, 1.54) is 12.8 Å². The minimum absolute atomic E-state index is 0.0408. The van der Waals surface area contributed by atoms with E-state index in [2.05, 4.69) is 35.8 Å². The summed E-state index contributed by atoms with van der Waals surface area (Å²) in [6.45, 7) is 2.64. The maximum atomic E-state index is 13.1. The van der Waals surface area contributed by atoms with Crippen LogP contribution in [0.5, 0.6) is 0 Å². The fourth-order valence-corrected chi connectivity index (χ4v) is 7.59. The van der Waals surface area contributed by atoms with Gasteiger partial charge in [-0.1, -0.05) is 12.8 Å². The number of rotatable bonds is 6. The Labute approximate surface area is 250 Å². The second-order valence-corrected chi connectivity index (χ2v) is 12.5. The van der Waals surface area contributed by atoms with Crippen molar-refractivity contribution >= 4 is 40.9 Å². The third kappa shape index (κ3) is 4.96. The highest BCUT2D eigenvalue weighted by Gasteiger charge is 2.65. The van der Waals surface area contributed by atoms with Crippen LogP contribution >= 0.6 is 0 Å². The van der Waals surface area contributed by atoms with Gasteiger partial charge < -0.3 is 35.5 Å². The van der Waals surface area contributed by atoms with E-state index in [1.807, 2.05) is 17.0 Å². The summed E-state index contributed by atoms with van der Waals surface area (Å²) in [6, 6.07) is 6.94. The standard InChI is InChI=1S/C26H30N8O2.C5H9NO/c1-27-23(35)18-10-16-12-29-25(32-22(16)34(18)17-4-2-3-5-17)31-21-7-6-15(11-28-21)24(36)33-13-20-26(14-33)9-8-19(26)30-20;7-4-5-2-1-3-6-5/h6-7,10-12,17,19-20,30H,2-5,8-9,13-14H2,1H3,(H,27,35)(H,28,29,31,32);4-6H,1-3H2. The number of aromatic nitrogens is 4. The fraction of sp³-hybridized carbons (Fsp3) is 0.548. The van der Waals surface area contributed by atoms with Crippen molar-refractivity contribution in [2.45, 2.75) is 75.5 Å². The zero-order valence-corrected chi connectivity index (χ0v) is 24.5. The molecule has 226 valence electrons. The largest absolute Gasteiger partial charge is 0.354 e. The van der Waals surface area contributed by atoms with Crippen LogP contribution in [0, 0.1) is 5.41 Å². The third-order valence-electron chi connectivity index (χ3n) is 10.1. The lowest BCUT2D eigenvalue weighted by Crippen LogP contribution is -2.75. The first-order valence-electron chi connectivity index (χ1n) is 15.6. The molecule has 0 bridgehead atoms. The van der Waals surface area contributed by atoms with E-state index in [9.17, 15) is 14.4 Å². The van der Waals surface area contributed by atoms with Crippen molar-refractivity contribution < 1.29 is 14.4 Å². The SMILES string of the molecule is CNC(=O)c1cc2cnc(Nc3ccc(C(=O)N4CC5NC6CCC65C4)cn3)nc2n1C1CCCC1.O=CC1CCCN1. The highest BCUT2D eigenvalue weighted by Crippen LogP contribution is 2.55. The first-order chi connectivity index (χ1) is 21.0. The van der Waals surface area contributed by atoms with Gasteiger partial charge in [0, 0.05) is 61.5 Å². The summed E-state index contributed by atoms with van der Waals surface area (Å²) in [6.07, 6.45) is 13.4. The fourth-order valence-electron chi connectivity index (χ4n) is 7.59. The molecule has 0 radical (unpaired) electrons. The van der Waals surface area contributed by atoms with E-state index in [0.29, 0.717) is 40.5 Å². The Kier molecular flexibility index (Phi) is 7.34. The molecule has 0 aromatic carbocycles. The third-order valence-corrected chi connectivity index (χ3v) is 10.1. The highest BCUT2D eigenvalue weighted by atomic mass is 16.2. The lowest BCUT2D eigenvalue weighted by molar-refractivity contribution is -0.109. The average Bonchev–Trinajstić information content (AvgIpc) is 3.85. The summed E-state index contributed by atoms with van der Waals surface area (Å²) in [5, 5.41) is 13.4. The normalized spacial score (nSPS) is 27.4. The van der Waals surface area contributed by atoms with E-state index in [4.69, 9.17) is 4.98 Å². The van der Waals surface area contributed by atoms with Gasteiger partial charge in [-0.25, -0.2) is 9.97 Å². The number of anilines is 2. The van der Waals surface area contributed by atoms with Gasteiger partial charge >= 0.3 is 0 Å². The van der Waals surface area contributed by atoms with Crippen LogP contribution in [-0.2, 0) is 4.79 Å². The van der Waals surface area contributed by atoms with Gasteiger partial charge in [-0.2, -0.15) is 4.98 Å². The monoisotopic (exact) mass is 585 g/mol. The van der Waals surface area contributed by atoms with Crippen LogP contribution in [0.25, 0.3) is 11.0 Å². The predicted molar refractivity (Wildman–Crippen MR) is 161 cm³/mol. The van der Waals surface area contributed by atoms with Gasteiger partial charge in [0.2, 0.25) is 5.95 Å². The van der Waals surface area contributed by atoms with Crippen molar-refractivity contribution in [3.8, 4) is 0 Å².